The molecule has 4 saturated carbocycles. The topological polar surface area (TPSA) is 84.9 Å². The van der Waals surface area contributed by atoms with Gasteiger partial charge < -0.3 is 19.9 Å². The van der Waals surface area contributed by atoms with Crippen LogP contribution in [0.4, 0.5) is 0 Å². The zero-order valence-electron chi connectivity index (χ0n) is 19.9. The van der Waals surface area contributed by atoms with Gasteiger partial charge in [0.2, 0.25) is 0 Å². The van der Waals surface area contributed by atoms with Gasteiger partial charge >= 0.3 is 0 Å². The maximum absolute atomic E-state index is 13.3. The van der Waals surface area contributed by atoms with Crippen LogP contribution in [0.1, 0.15) is 70.9 Å². The van der Waals surface area contributed by atoms with Crippen molar-refractivity contribution >= 4 is 11.7 Å². The Labute approximate surface area is 200 Å². The Morgan fingerprint density at radius 3 is 2.32 bits per heavy atom. The normalized spacial score (nSPS) is 29.1. The van der Waals surface area contributed by atoms with Crippen molar-refractivity contribution in [3.63, 3.8) is 0 Å². The van der Waals surface area contributed by atoms with Crippen LogP contribution >= 0.6 is 0 Å². The largest absolute Gasteiger partial charge is 0.494 e. The number of methoxy groups -OCH3 is 1. The molecule has 2 aromatic carbocycles. The van der Waals surface area contributed by atoms with E-state index in [4.69, 9.17) is 9.47 Å². The van der Waals surface area contributed by atoms with Crippen LogP contribution in [0, 0.1) is 17.8 Å². The van der Waals surface area contributed by atoms with Gasteiger partial charge in [-0.2, -0.15) is 0 Å². The summed E-state index contributed by atoms with van der Waals surface area (Å²) in [6, 6.07) is 12.4. The molecule has 0 heterocycles. The fourth-order valence-electron chi connectivity index (χ4n) is 6.71. The van der Waals surface area contributed by atoms with E-state index >= 15 is 0 Å². The first-order chi connectivity index (χ1) is 16.4. The molecular weight excluding hydrogens is 430 g/mol. The zero-order chi connectivity index (χ0) is 23.9. The van der Waals surface area contributed by atoms with Gasteiger partial charge in [0.1, 0.15) is 5.75 Å². The van der Waals surface area contributed by atoms with E-state index in [1.807, 2.05) is 6.92 Å². The van der Waals surface area contributed by atoms with E-state index in [-0.39, 0.29) is 24.3 Å². The van der Waals surface area contributed by atoms with Crippen molar-refractivity contribution < 1.29 is 24.2 Å². The van der Waals surface area contributed by atoms with Crippen LogP contribution in [0.15, 0.2) is 42.5 Å². The predicted octanol–water partition coefficient (Wildman–Crippen LogP) is 4.13. The van der Waals surface area contributed by atoms with Gasteiger partial charge in [0.05, 0.1) is 18.8 Å². The number of ether oxygens (including phenoxy) is 2. The molecule has 4 fully saturated rings. The van der Waals surface area contributed by atoms with E-state index in [2.05, 4.69) is 5.32 Å². The molecule has 2 unspecified atom stereocenters. The highest BCUT2D eigenvalue weighted by molar-refractivity contribution is 6.09. The van der Waals surface area contributed by atoms with Gasteiger partial charge in [-0.15, -0.1) is 0 Å². The molecule has 0 spiro atoms. The third-order valence-corrected chi connectivity index (χ3v) is 7.88. The number of rotatable bonds is 8. The standard InChI is InChI=1S/C28H33NO5/c1-3-34-23-7-4-18(5-8-23)26(30)19-6-9-24(22(12-19)16-33-2)27(31)29-25-20-10-17-11-21(25)15-28(32,13-17)14-20/h4-9,12,17,20-21,25,32H,3,10-11,13-16H2,1-2H3,(H,29,31). The number of amides is 1. The average Bonchev–Trinajstić information content (AvgIpc) is 2.81. The number of aliphatic hydroxyl groups is 1. The number of hydrogen-bond acceptors (Lipinski definition) is 5. The molecule has 4 aliphatic rings. The first-order valence-electron chi connectivity index (χ1n) is 12.3. The fraction of sp³-hybridized carbons (Fsp3) is 0.500. The smallest absolute Gasteiger partial charge is 0.251 e. The molecule has 2 N–H and O–H groups in total. The number of nitrogens with one attached hydrogen (secondary N) is 1. The summed E-state index contributed by atoms with van der Waals surface area (Å²) in [6.07, 6.45) is 4.66. The van der Waals surface area contributed by atoms with Gasteiger partial charge in [0.15, 0.2) is 5.78 Å². The molecule has 6 rings (SSSR count). The number of carbonyl (C=O) groups is 2. The molecule has 2 aromatic rings. The highest BCUT2D eigenvalue weighted by atomic mass is 16.5. The summed E-state index contributed by atoms with van der Waals surface area (Å²) in [5, 5.41) is 14.1. The molecule has 0 radical (unpaired) electrons. The average molecular weight is 464 g/mol. The van der Waals surface area contributed by atoms with E-state index in [9.17, 15) is 14.7 Å². The summed E-state index contributed by atoms with van der Waals surface area (Å²) in [4.78, 5) is 26.4. The minimum absolute atomic E-state index is 0.102. The van der Waals surface area contributed by atoms with Gasteiger partial charge in [0, 0.05) is 29.8 Å². The van der Waals surface area contributed by atoms with Crippen LogP contribution < -0.4 is 10.1 Å². The molecular formula is C28H33NO5. The van der Waals surface area contributed by atoms with Crippen LogP contribution in [0.5, 0.6) is 5.75 Å². The van der Waals surface area contributed by atoms with Crippen molar-refractivity contribution in [1.82, 2.24) is 5.32 Å². The Kier molecular flexibility index (Phi) is 6.21. The van der Waals surface area contributed by atoms with E-state index in [1.165, 1.54) is 0 Å². The molecule has 0 aliphatic heterocycles. The maximum atomic E-state index is 13.3. The molecule has 4 aliphatic carbocycles. The van der Waals surface area contributed by atoms with Gasteiger partial charge in [-0.1, -0.05) is 6.07 Å². The van der Waals surface area contributed by atoms with Crippen molar-refractivity contribution in [1.29, 1.82) is 0 Å². The van der Waals surface area contributed by atoms with Crippen molar-refractivity contribution in [3.05, 3.63) is 64.7 Å². The molecule has 0 aromatic heterocycles. The van der Waals surface area contributed by atoms with E-state index < -0.39 is 5.60 Å². The van der Waals surface area contributed by atoms with Crippen molar-refractivity contribution in [2.45, 2.75) is 57.3 Å². The lowest BCUT2D eigenvalue weighted by molar-refractivity contribution is -0.136. The second kappa shape index (κ2) is 9.16. The summed E-state index contributed by atoms with van der Waals surface area (Å²) in [5.74, 6) is 1.76. The lowest BCUT2D eigenvalue weighted by Gasteiger charge is -2.58. The Balaban J connectivity index is 1.34. The zero-order valence-corrected chi connectivity index (χ0v) is 19.9. The first kappa shape index (κ1) is 23.1. The van der Waals surface area contributed by atoms with Gasteiger partial charge in [-0.05, 0) is 98.7 Å². The van der Waals surface area contributed by atoms with Crippen molar-refractivity contribution in [2.75, 3.05) is 13.7 Å². The summed E-state index contributed by atoms with van der Waals surface area (Å²) < 4.78 is 10.8. The number of ketones is 1. The predicted molar refractivity (Wildman–Crippen MR) is 128 cm³/mol. The van der Waals surface area contributed by atoms with Crippen LogP contribution in [-0.2, 0) is 11.3 Å². The second-order valence-corrected chi connectivity index (χ2v) is 10.3. The molecule has 0 saturated heterocycles. The van der Waals surface area contributed by atoms with E-state index in [0.29, 0.717) is 46.6 Å². The minimum atomic E-state index is -0.526. The summed E-state index contributed by atoms with van der Waals surface area (Å²) in [6.45, 7) is 2.73. The van der Waals surface area contributed by atoms with Crippen LogP contribution in [-0.4, -0.2) is 42.2 Å². The molecule has 6 nitrogen and oxygen atoms in total. The Bertz CT molecular complexity index is 1060. The third-order valence-electron chi connectivity index (χ3n) is 7.88. The summed E-state index contributed by atoms with van der Waals surface area (Å²) >= 11 is 0. The van der Waals surface area contributed by atoms with Gasteiger partial charge in [-0.3, -0.25) is 9.59 Å². The lowest BCUT2D eigenvalue weighted by atomic mass is 9.52. The SMILES string of the molecule is CCOc1ccc(C(=O)c2ccc(C(=O)NC3C4CC5CC3CC(O)(C5)C4)c(COC)c2)cc1. The second-order valence-electron chi connectivity index (χ2n) is 10.3. The Morgan fingerprint density at radius 1 is 1.03 bits per heavy atom. The Hall–Kier alpha value is -2.70. The molecule has 2 atom stereocenters. The van der Waals surface area contributed by atoms with Crippen molar-refractivity contribution in [2.24, 2.45) is 17.8 Å². The molecule has 4 bridgehead atoms. The lowest BCUT2D eigenvalue weighted by Crippen LogP contribution is -2.61. The number of carbonyl (C=O) groups excluding carboxylic acids is 2. The molecule has 34 heavy (non-hydrogen) atoms. The number of benzene rings is 2. The van der Waals surface area contributed by atoms with Crippen molar-refractivity contribution in [3.8, 4) is 5.75 Å². The van der Waals surface area contributed by atoms with E-state index in [1.54, 1.807) is 49.6 Å². The minimum Gasteiger partial charge on any atom is -0.494 e. The monoisotopic (exact) mass is 463 g/mol. The highest BCUT2D eigenvalue weighted by Gasteiger charge is 2.55. The van der Waals surface area contributed by atoms with Crippen LogP contribution in [0.25, 0.3) is 0 Å². The first-order valence-corrected chi connectivity index (χ1v) is 12.3. The quantitative estimate of drug-likeness (QED) is 0.575. The van der Waals surface area contributed by atoms with Crippen LogP contribution in [0.2, 0.25) is 0 Å². The highest BCUT2D eigenvalue weighted by Crippen LogP contribution is 2.55. The maximum Gasteiger partial charge on any atom is 0.251 e. The molecule has 6 heteroatoms. The molecule has 180 valence electrons. The fourth-order valence-corrected chi connectivity index (χ4v) is 6.71. The summed E-state index contributed by atoms with van der Waals surface area (Å²) in [7, 11) is 1.58. The van der Waals surface area contributed by atoms with E-state index in [0.717, 1.165) is 37.9 Å². The Morgan fingerprint density at radius 2 is 1.71 bits per heavy atom. The molecule has 1 amide bonds. The number of hydrogen-bond donors (Lipinski definition) is 2. The third kappa shape index (κ3) is 4.37. The van der Waals surface area contributed by atoms with Crippen LogP contribution in [0.3, 0.4) is 0 Å². The summed E-state index contributed by atoms with van der Waals surface area (Å²) in [5.41, 5.74) is 1.79. The van der Waals surface area contributed by atoms with Gasteiger partial charge in [0.25, 0.3) is 5.91 Å². The van der Waals surface area contributed by atoms with Gasteiger partial charge in [-0.25, -0.2) is 0 Å².